The number of aromatic nitrogens is 3. The average molecular weight is 206 g/mol. The number of fused-ring (bicyclic) bond motifs is 1. The van der Waals surface area contributed by atoms with E-state index >= 15 is 0 Å². The summed E-state index contributed by atoms with van der Waals surface area (Å²) in [5, 5.41) is 4.17. The Bertz CT molecular complexity index is 538. The van der Waals surface area contributed by atoms with Crippen LogP contribution in [0.4, 0.5) is 0 Å². The molecule has 15 heavy (non-hydrogen) atoms. The van der Waals surface area contributed by atoms with Gasteiger partial charge in [0.1, 0.15) is 5.52 Å². The van der Waals surface area contributed by atoms with Gasteiger partial charge >= 0.3 is 0 Å². The molecule has 0 saturated heterocycles. The third-order valence-electron chi connectivity index (χ3n) is 2.21. The van der Waals surface area contributed by atoms with Crippen molar-refractivity contribution in [3.8, 4) is 0 Å². The summed E-state index contributed by atoms with van der Waals surface area (Å²) in [5.41, 5.74) is 7.05. The summed E-state index contributed by atoms with van der Waals surface area (Å²) in [4.78, 5) is 11.9. The van der Waals surface area contributed by atoms with Gasteiger partial charge in [0.25, 0.3) is 5.56 Å². The summed E-state index contributed by atoms with van der Waals surface area (Å²) in [6.45, 7) is 4.26. The molecule has 2 N–H and O–H groups in total. The molecule has 5 nitrogen and oxygen atoms in total. The van der Waals surface area contributed by atoms with Gasteiger partial charge in [-0.2, -0.15) is 5.10 Å². The van der Waals surface area contributed by atoms with Crippen LogP contribution < -0.4 is 11.3 Å². The highest BCUT2D eigenvalue weighted by Gasteiger charge is 2.06. The van der Waals surface area contributed by atoms with Crippen LogP contribution in [0.2, 0.25) is 0 Å². The minimum absolute atomic E-state index is 0.0332. The Morgan fingerprint density at radius 3 is 2.93 bits per heavy atom. The molecule has 5 heteroatoms. The van der Waals surface area contributed by atoms with Crippen LogP contribution in [0.3, 0.4) is 0 Å². The molecule has 0 spiro atoms. The summed E-state index contributed by atoms with van der Waals surface area (Å²) in [6.07, 6.45) is 3.48. The molecule has 0 saturated carbocycles. The van der Waals surface area contributed by atoms with E-state index in [-0.39, 0.29) is 11.6 Å². The zero-order valence-corrected chi connectivity index (χ0v) is 8.84. The monoisotopic (exact) mass is 206 g/mol. The zero-order chi connectivity index (χ0) is 11.0. The molecule has 1 atom stereocenters. The van der Waals surface area contributed by atoms with Crippen molar-refractivity contribution in [2.75, 3.05) is 0 Å². The Kier molecular flexibility index (Phi) is 2.32. The number of aryl methyl sites for hydroxylation is 1. The lowest BCUT2D eigenvalue weighted by Crippen LogP contribution is -2.30. The highest BCUT2D eigenvalue weighted by atomic mass is 16.1. The standard InChI is InChI=1S/C10H14N4O/c1-7(11)6-13-3-4-14-9(10(13)15)5-8(2)12-14/h3-5,7H,6,11H2,1-2H3. The van der Waals surface area contributed by atoms with Crippen molar-refractivity contribution in [1.29, 1.82) is 0 Å². The lowest BCUT2D eigenvalue weighted by Gasteiger charge is -2.08. The van der Waals surface area contributed by atoms with E-state index in [0.717, 1.165) is 5.69 Å². The van der Waals surface area contributed by atoms with Crippen LogP contribution in [-0.4, -0.2) is 20.2 Å². The van der Waals surface area contributed by atoms with Gasteiger partial charge in [-0.15, -0.1) is 0 Å². The Balaban J connectivity index is 2.59. The quantitative estimate of drug-likeness (QED) is 0.760. The predicted molar refractivity (Wildman–Crippen MR) is 57.8 cm³/mol. The van der Waals surface area contributed by atoms with Crippen molar-refractivity contribution < 1.29 is 0 Å². The Hall–Kier alpha value is -1.62. The summed E-state index contributed by atoms with van der Waals surface area (Å²) < 4.78 is 3.20. The lowest BCUT2D eigenvalue weighted by molar-refractivity contribution is 0.571. The van der Waals surface area contributed by atoms with Crippen LogP contribution in [0.5, 0.6) is 0 Å². The highest BCUT2D eigenvalue weighted by Crippen LogP contribution is 1.99. The van der Waals surface area contributed by atoms with Crippen molar-refractivity contribution in [3.05, 3.63) is 34.5 Å². The first-order chi connectivity index (χ1) is 7.08. The van der Waals surface area contributed by atoms with E-state index in [9.17, 15) is 4.79 Å². The maximum Gasteiger partial charge on any atom is 0.276 e. The van der Waals surface area contributed by atoms with Crippen LogP contribution in [0.1, 0.15) is 12.6 Å². The molecule has 2 heterocycles. The van der Waals surface area contributed by atoms with Gasteiger partial charge in [-0.25, -0.2) is 4.52 Å². The second-order valence-electron chi connectivity index (χ2n) is 3.85. The normalized spacial score (nSPS) is 13.3. The fourth-order valence-electron chi connectivity index (χ4n) is 1.60. The van der Waals surface area contributed by atoms with Crippen LogP contribution in [0.15, 0.2) is 23.3 Å². The SMILES string of the molecule is Cc1cc2c(=O)n(CC(C)N)ccn2n1. The largest absolute Gasteiger partial charge is 0.326 e. The fraction of sp³-hybridized carbons (Fsp3) is 0.400. The first-order valence-corrected chi connectivity index (χ1v) is 4.89. The van der Waals surface area contributed by atoms with Gasteiger partial charge in [0.2, 0.25) is 0 Å². The highest BCUT2D eigenvalue weighted by molar-refractivity contribution is 5.44. The predicted octanol–water partition coefficient (Wildman–Crippen LogP) is 0.152. The van der Waals surface area contributed by atoms with Gasteiger partial charge in [-0.05, 0) is 19.9 Å². The molecule has 80 valence electrons. The number of hydrogen-bond donors (Lipinski definition) is 1. The molecular formula is C10H14N4O. The molecule has 0 aliphatic heterocycles. The lowest BCUT2D eigenvalue weighted by atomic mass is 10.3. The van der Waals surface area contributed by atoms with Gasteiger partial charge in [-0.1, -0.05) is 0 Å². The maximum atomic E-state index is 11.9. The minimum Gasteiger partial charge on any atom is -0.326 e. The molecule has 0 radical (unpaired) electrons. The molecular weight excluding hydrogens is 192 g/mol. The molecule has 2 rings (SSSR count). The fourth-order valence-corrected chi connectivity index (χ4v) is 1.60. The van der Waals surface area contributed by atoms with Crippen LogP contribution in [0.25, 0.3) is 5.52 Å². The summed E-state index contributed by atoms with van der Waals surface area (Å²) in [6, 6.07) is 1.74. The Morgan fingerprint density at radius 1 is 1.53 bits per heavy atom. The van der Waals surface area contributed by atoms with Gasteiger partial charge in [0, 0.05) is 25.0 Å². The number of nitrogens with zero attached hydrogens (tertiary/aromatic N) is 3. The molecule has 0 aliphatic rings. The Labute approximate surface area is 87.1 Å². The average Bonchev–Trinajstić information content (AvgIpc) is 2.51. The van der Waals surface area contributed by atoms with E-state index in [1.807, 2.05) is 13.8 Å². The van der Waals surface area contributed by atoms with Crippen molar-refractivity contribution in [1.82, 2.24) is 14.2 Å². The third kappa shape index (κ3) is 1.78. The van der Waals surface area contributed by atoms with Gasteiger partial charge in [0.15, 0.2) is 0 Å². The number of nitrogens with two attached hydrogens (primary N) is 1. The number of rotatable bonds is 2. The smallest absolute Gasteiger partial charge is 0.276 e. The molecule has 2 aromatic heterocycles. The molecule has 0 aliphatic carbocycles. The van der Waals surface area contributed by atoms with Crippen molar-refractivity contribution in [3.63, 3.8) is 0 Å². The summed E-state index contributed by atoms with van der Waals surface area (Å²) in [7, 11) is 0. The summed E-state index contributed by atoms with van der Waals surface area (Å²) in [5.74, 6) is 0. The van der Waals surface area contributed by atoms with Crippen LogP contribution >= 0.6 is 0 Å². The van der Waals surface area contributed by atoms with E-state index in [4.69, 9.17) is 5.73 Å². The number of hydrogen-bond acceptors (Lipinski definition) is 3. The van der Waals surface area contributed by atoms with E-state index in [1.54, 1.807) is 27.5 Å². The molecule has 2 aromatic rings. The second-order valence-corrected chi connectivity index (χ2v) is 3.85. The molecule has 0 fully saturated rings. The molecule has 0 aromatic carbocycles. The molecule has 0 amide bonds. The van der Waals surface area contributed by atoms with E-state index in [0.29, 0.717) is 12.1 Å². The van der Waals surface area contributed by atoms with Crippen LogP contribution in [-0.2, 0) is 6.54 Å². The molecule has 0 bridgehead atoms. The Morgan fingerprint density at radius 2 is 2.27 bits per heavy atom. The zero-order valence-electron chi connectivity index (χ0n) is 8.84. The van der Waals surface area contributed by atoms with Gasteiger partial charge in [0.05, 0.1) is 5.69 Å². The first kappa shape index (κ1) is 9.92. The van der Waals surface area contributed by atoms with Crippen molar-refractivity contribution in [2.45, 2.75) is 26.4 Å². The topological polar surface area (TPSA) is 65.3 Å². The van der Waals surface area contributed by atoms with Crippen molar-refractivity contribution in [2.24, 2.45) is 5.73 Å². The first-order valence-electron chi connectivity index (χ1n) is 4.89. The maximum absolute atomic E-state index is 11.9. The molecule has 1 unspecified atom stereocenters. The summed E-state index contributed by atoms with van der Waals surface area (Å²) >= 11 is 0. The van der Waals surface area contributed by atoms with E-state index in [2.05, 4.69) is 5.10 Å². The van der Waals surface area contributed by atoms with E-state index < -0.39 is 0 Å². The van der Waals surface area contributed by atoms with Gasteiger partial charge < -0.3 is 10.3 Å². The van der Waals surface area contributed by atoms with Gasteiger partial charge in [-0.3, -0.25) is 4.79 Å². The van der Waals surface area contributed by atoms with E-state index in [1.165, 1.54) is 0 Å². The third-order valence-corrected chi connectivity index (χ3v) is 2.21. The van der Waals surface area contributed by atoms with Crippen LogP contribution in [0, 0.1) is 6.92 Å². The second kappa shape index (κ2) is 3.51. The minimum atomic E-state index is -0.0459. The van der Waals surface area contributed by atoms with Crippen molar-refractivity contribution >= 4 is 5.52 Å².